The number of hydrogen-bond donors (Lipinski definition) is 3. The normalized spacial score (nSPS) is 12.5. The first-order valence-corrected chi connectivity index (χ1v) is 13.2. The van der Waals surface area contributed by atoms with E-state index in [2.05, 4.69) is 31.4 Å². The number of benzene rings is 1. The number of fused-ring (bicyclic) bond motifs is 1. The fraction of sp³-hybridized carbons (Fsp3) is 0.414. The van der Waals surface area contributed by atoms with Gasteiger partial charge >= 0.3 is 6.09 Å². The summed E-state index contributed by atoms with van der Waals surface area (Å²) in [5.74, 6) is -0.786. The van der Waals surface area contributed by atoms with Crippen molar-refractivity contribution in [3.8, 4) is 0 Å². The fourth-order valence-electron chi connectivity index (χ4n) is 4.36. The summed E-state index contributed by atoms with van der Waals surface area (Å²) >= 11 is 0. The molecule has 3 aromatic rings. The lowest BCUT2D eigenvalue weighted by molar-refractivity contribution is -0.123. The predicted octanol–water partition coefficient (Wildman–Crippen LogP) is 3.51. The molecular weight excluding hydrogens is 531 g/mol. The second-order valence-electron chi connectivity index (χ2n) is 11.3. The smallest absolute Gasteiger partial charge is 0.405 e. The van der Waals surface area contributed by atoms with E-state index in [0.717, 1.165) is 5.56 Å². The third-order valence-corrected chi connectivity index (χ3v) is 6.37. The number of carbonyl (C=O) groups excluding carboxylic acids is 2. The molecule has 0 spiro atoms. The Morgan fingerprint density at radius 3 is 2.56 bits per heavy atom. The molecule has 0 unspecified atom stereocenters. The number of halogens is 1. The quantitative estimate of drug-likeness (QED) is 0.320. The van der Waals surface area contributed by atoms with Crippen LogP contribution < -0.4 is 16.2 Å². The number of allylic oxidation sites excluding steroid dienone is 1. The Balaban J connectivity index is 1.83. The molecule has 1 atom stereocenters. The summed E-state index contributed by atoms with van der Waals surface area (Å²) < 4.78 is 17.5. The van der Waals surface area contributed by atoms with Gasteiger partial charge in [-0.25, -0.2) is 14.2 Å². The summed E-state index contributed by atoms with van der Waals surface area (Å²) in [7, 11) is 4.95. The highest BCUT2D eigenvalue weighted by Gasteiger charge is 2.22. The van der Waals surface area contributed by atoms with Crippen LogP contribution in [0.5, 0.6) is 0 Å². The van der Waals surface area contributed by atoms with Crippen molar-refractivity contribution in [3.05, 3.63) is 70.2 Å². The minimum Gasteiger partial charge on any atom is -0.465 e. The third kappa shape index (κ3) is 8.26. The predicted molar refractivity (Wildman–Crippen MR) is 154 cm³/mol. The molecule has 0 saturated carbocycles. The Morgan fingerprint density at radius 1 is 1.22 bits per heavy atom. The second kappa shape index (κ2) is 12.8. The molecule has 2 aromatic heterocycles. The van der Waals surface area contributed by atoms with Crippen LogP contribution in [0.3, 0.4) is 0 Å². The lowest BCUT2D eigenvalue weighted by atomic mass is 9.87. The highest BCUT2D eigenvalue weighted by Crippen LogP contribution is 2.28. The number of aryl methyl sites for hydroxylation is 1. The van der Waals surface area contributed by atoms with Crippen LogP contribution in [0.2, 0.25) is 0 Å². The maximum absolute atomic E-state index is 14.4. The van der Waals surface area contributed by atoms with Gasteiger partial charge in [0.1, 0.15) is 23.4 Å². The number of hydrogen-bond acceptors (Lipinski definition) is 5. The van der Waals surface area contributed by atoms with Gasteiger partial charge in [-0.1, -0.05) is 26.8 Å². The van der Waals surface area contributed by atoms with E-state index in [-0.39, 0.29) is 42.2 Å². The number of likely N-dealkylation sites (N-methyl/N-ethyl adjacent to an activating group) is 1. The molecule has 1 aromatic carbocycles. The van der Waals surface area contributed by atoms with E-state index in [1.165, 1.54) is 33.7 Å². The third-order valence-electron chi connectivity index (χ3n) is 6.37. The lowest BCUT2D eigenvalue weighted by Gasteiger charge is -2.18. The molecule has 3 amide bonds. The molecule has 0 aliphatic carbocycles. The molecule has 2 heterocycles. The SMILES string of the molecule is CN(C)C(=O)/C=C/CC[C@H](NC(=O)O)C(=O)Nc1cccn(Cc2nc3c(CC(C)(C)C)cc(F)cc3n2C)c1=O. The number of pyridine rings is 1. The molecule has 220 valence electrons. The van der Waals surface area contributed by atoms with Gasteiger partial charge in [-0.3, -0.25) is 14.4 Å². The number of imidazole rings is 1. The number of carboxylic acid groups (broad SMARTS) is 1. The topological polar surface area (TPSA) is 139 Å². The molecule has 11 nitrogen and oxygen atoms in total. The van der Waals surface area contributed by atoms with Gasteiger partial charge in [-0.05, 0) is 60.6 Å². The Morgan fingerprint density at radius 2 is 1.93 bits per heavy atom. The summed E-state index contributed by atoms with van der Waals surface area (Å²) in [5, 5.41) is 13.9. The van der Waals surface area contributed by atoms with Gasteiger partial charge in [-0.2, -0.15) is 0 Å². The largest absolute Gasteiger partial charge is 0.465 e. The van der Waals surface area contributed by atoms with Crippen LogP contribution in [0.4, 0.5) is 14.9 Å². The summed E-state index contributed by atoms with van der Waals surface area (Å²) in [5.41, 5.74) is 1.42. The van der Waals surface area contributed by atoms with Gasteiger partial charge in [0.2, 0.25) is 11.8 Å². The van der Waals surface area contributed by atoms with Crippen molar-refractivity contribution in [2.45, 2.75) is 52.6 Å². The van der Waals surface area contributed by atoms with Crippen LogP contribution in [-0.2, 0) is 29.6 Å². The standard InChI is InChI=1S/C29H37FN6O5/c1-29(2,3)16-18-14-19(30)15-22-25(18)33-23(35(22)6)17-36-13-9-11-21(27(36)39)31-26(38)20(32-28(40)41)10-7-8-12-24(37)34(4)5/h8-9,11-15,20,32H,7,10,16-17H2,1-6H3,(H,31,38)(H,40,41)/b12-8+/t20-/m0/s1. The monoisotopic (exact) mass is 568 g/mol. The molecule has 41 heavy (non-hydrogen) atoms. The van der Waals surface area contributed by atoms with Crippen LogP contribution in [0.25, 0.3) is 11.0 Å². The minimum absolute atomic E-state index is 0.0359. The number of nitrogens with one attached hydrogen (secondary N) is 2. The van der Waals surface area contributed by atoms with Gasteiger partial charge in [0.05, 0.1) is 17.6 Å². The van der Waals surface area contributed by atoms with Crippen LogP contribution in [0.1, 0.15) is 45.0 Å². The van der Waals surface area contributed by atoms with Gasteiger partial charge in [-0.15, -0.1) is 0 Å². The lowest BCUT2D eigenvalue weighted by Crippen LogP contribution is -2.44. The van der Waals surface area contributed by atoms with Gasteiger partial charge < -0.3 is 29.8 Å². The summed E-state index contributed by atoms with van der Waals surface area (Å²) in [6.07, 6.45) is 3.99. The van der Waals surface area contributed by atoms with Crippen LogP contribution >= 0.6 is 0 Å². The molecule has 3 rings (SSSR count). The molecule has 0 aliphatic rings. The zero-order valence-corrected chi connectivity index (χ0v) is 24.2. The highest BCUT2D eigenvalue weighted by molar-refractivity contribution is 5.96. The van der Waals surface area contributed by atoms with E-state index in [9.17, 15) is 28.7 Å². The molecule has 0 radical (unpaired) electrons. The average Bonchev–Trinajstić information content (AvgIpc) is 3.17. The average molecular weight is 569 g/mol. The highest BCUT2D eigenvalue weighted by atomic mass is 19.1. The Labute approximate surface area is 237 Å². The van der Waals surface area contributed by atoms with E-state index in [4.69, 9.17) is 4.98 Å². The van der Waals surface area contributed by atoms with Crippen molar-refractivity contribution >= 4 is 34.6 Å². The summed E-state index contributed by atoms with van der Waals surface area (Å²) in [6.45, 7) is 6.25. The van der Waals surface area contributed by atoms with Crippen molar-refractivity contribution in [2.24, 2.45) is 12.5 Å². The summed E-state index contributed by atoms with van der Waals surface area (Å²) in [6, 6.07) is 4.76. The Bertz CT molecular complexity index is 1530. The van der Waals surface area contributed by atoms with Crippen LogP contribution in [0.15, 0.2) is 47.4 Å². The first-order chi connectivity index (χ1) is 19.2. The molecule has 12 heteroatoms. The van der Waals surface area contributed by atoms with Crippen molar-refractivity contribution < 1.29 is 23.9 Å². The first-order valence-electron chi connectivity index (χ1n) is 13.2. The zero-order chi connectivity index (χ0) is 30.5. The number of aromatic nitrogens is 3. The van der Waals surface area contributed by atoms with Crippen molar-refractivity contribution in [3.63, 3.8) is 0 Å². The number of nitrogens with zero attached hydrogens (tertiary/aromatic N) is 4. The number of amides is 3. The molecule has 0 bridgehead atoms. The van der Waals surface area contributed by atoms with Crippen molar-refractivity contribution in [2.75, 3.05) is 19.4 Å². The van der Waals surface area contributed by atoms with Gasteiger partial charge in [0.25, 0.3) is 5.56 Å². The Kier molecular flexibility index (Phi) is 9.69. The van der Waals surface area contributed by atoms with Gasteiger partial charge in [0.15, 0.2) is 0 Å². The van der Waals surface area contributed by atoms with Crippen LogP contribution in [0, 0.1) is 11.2 Å². The number of carbonyl (C=O) groups is 3. The second-order valence-corrected chi connectivity index (χ2v) is 11.3. The number of anilines is 1. The van der Waals surface area contributed by atoms with Gasteiger partial charge in [0, 0.05) is 27.3 Å². The minimum atomic E-state index is -1.40. The number of rotatable bonds is 10. The molecule has 0 fully saturated rings. The molecule has 0 aliphatic heterocycles. The van der Waals surface area contributed by atoms with E-state index in [1.54, 1.807) is 44.0 Å². The fourth-order valence-corrected chi connectivity index (χ4v) is 4.36. The zero-order valence-electron chi connectivity index (χ0n) is 24.2. The van der Waals surface area contributed by atoms with Crippen molar-refractivity contribution in [1.29, 1.82) is 0 Å². The van der Waals surface area contributed by atoms with Crippen LogP contribution in [-0.4, -0.2) is 62.2 Å². The van der Waals surface area contributed by atoms with E-state index >= 15 is 0 Å². The maximum atomic E-state index is 14.4. The molecular formula is C29H37FN6O5. The molecule has 3 N–H and O–H groups in total. The van der Waals surface area contributed by atoms with Crippen molar-refractivity contribution in [1.82, 2.24) is 24.3 Å². The molecule has 0 saturated heterocycles. The van der Waals surface area contributed by atoms with E-state index in [1.807, 2.05) is 0 Å². The van der Waals surface area contributed by atoms with E-state index in [0.29, 0.717) is 23.3 Å². The maximum Gasteiger partial charge on any atom is 0.405 e. The van der Waals surface area contributed by atoms with E-state index < -0.39 is 23.6 Å². The summed E-state index contributed by atoms with van der Waals surface area (Å²) in [4.78, 5) is 55.3. The Hall–Kier alpha value is -4.48. The first kappa shape index (κ1) is 31.1.